The van der Waals surface area contributed by atoms with E-state index >= 15 is 0 Å². The zero-order valence-electron chi connectivity index (χ0n) is 10.4. The van der Waals surface area contributed by atoms with E-state index in [2.05, 4.69) is 15.9 Å². The molecule has 102 valence electrons. The molecule has 1 saturated carbocycles. The largest absolute Gasteiger partial charge is 0.385 e. The van der Waals surface area contributed by atoms with Gasteiger partial charge in [0.25, 0.3) is 0 Å². The molecule has 6 heteroatoms. The minimum absolute atomic E-state index is 0.199. The van der Waals surface area contributed by atoms with Crippen LogP contribution in [0.4, 0.5) is 0 Å². The summed E-state index contributed by atoms with van der Waals surface area (Å²) in [4.78, 5) is 0. The summed E-state index contributed by atoms with van der Waals surface area (Å²) in [5.74, 6) is 0.199. The Morgan fingerprint density at radius 3 is 2.53 bits per heavy atom. The Hall–Kier alpha value is 0.350. The molecule has 0 saturated heterocycles. The van der Waals surface area contributed by atoms with Crippen LogP contribution in [-0.4, -0.2) is 50.1 Å². The topological polar surface area (TPSA) is 46.6 Å². The van der Waals surface area contributed by atoms with Crippen LogP contribution in [0, 0.1) is 0 Å². The van der Waals surface area contributed by atoms with E-state index in [4.69, 9.17) is 4.74 Å². The highest BCUT2D eigenvalue weighted by Gasteiger charge is 2.30. The molecule has 0 N–H and O–H groups in total. The van der Waals surface area contributed by atoms with Gasteiger partial charge in [0.15, 0.2) is 0 Å². The molecule has 0 aromatic carbocycles. The van der Waals surface area contributed by atoms with Crippen molar-refractivity contribution in [3.8, 4) is 0 Å². The second kappa shape index (κ2) is 7.71. The number of hydrogen-bond donors (Lipinski definition) is 0. The lowest BCUT2D eigenvalue weighted by Gasteiger charge is -2.27. The van der Waals surface area contributed by atoms with Gasteiger partial charge in [0, 0.05) is 31.6 Å². The van der Waals surface area contributed by atoms with Gasteiger partial charge in [0.1, 0.15) is 0 Å². The average Bonchev–Trinajstić information content (AvgIpc) is 2.79. The van der Waals surface area contributed by atoms with Crippen molar-refractivity contribution in [2.45, 2.75) is 38.1 Å². The maximum Gasteiger partial charge on any atom is 0.214 e. The lowest BCUT2D eigenvalue weighted by molar-refractivity contribution is 0.199. The lowest BCUT2D eigenvalue weighted by atomic mass is 10.2. The van der Waals surface area contributed by atoms with Crippen molar-refractivity contribution in [2.75, 3.05) is 31.3 Å². The third-order valence-electron chi connectivity index (χ3n) is 3.14. The Kier molecular flexibility index (Phi) is 6.99. The number of methoxy groups -OCH3 is 1. The number of hydrogen-bond acceptors (Lipinski definition) is 3. The van der Waals surface area contributed by atoms with Gasteiger partial charge in [-0.05, 0) is 19.3 Å². The number of rotatable bonds is 8. The monoisotopic (exact) mass is 327 g/mol. The maximum atomic E-state index is 12.2. The quantitative estimate of drug-likeness (QED) is 0.506. The number of sulfonamides is 1. The Morgan fingerprint density at radius 1 is 1.35 bits per heavy atom. The van der Waals surface area contributed by atoms with E-state index in [-0.39, 0.29) is 11.8 Å². The van der Waals surface area contributed by atoms with E-state index in [0.29, 0.717) is 24.9 Å². The second-order valence-corrected chi connectivity index (χ2v) is 7.23. The lowest BCUT2D eigenvalue weighted by Crippen LogP contribution is -2.41. The molecule has 1 aliphatic rings. The van der Waals surface area contributed by atoms with Gasteiger partial charge in [0.05, 0.1) is 5.75 Å². The second-order valence-electron chi connectivity index (χ2n) is 4.40. The van der Waals surface area contributed by atoms with Crippen LogP contribution in [0.3, 0.4) is 0 Å². The van der Waals surface area contributed by atoms with Crippen LogP contribution >= 0.6 is 15.9 Å². The van der Waals surface area contributed by atoms with E-state index in [1.165, 1.54) is 0 Å². The molecule has 4 nitrogen and oxygen atoms in total. The fraction of sp³-hybridized carbons (Fsp3) is 1.00. The molecular weight excluding hydrogens is 306 g/mol. The molecule has 1 aliphatic carbocycles. The molecule has 0 bridgehead atoms. The van der Waals surface area contributed by atoms with Gasteiger partial charge >= 0.3 is 0 Å². The fourth-order valence-electron chi connectivity index (χ4n) is 2.33. The van der Waals surface area contributed by atoms with Gasteiger partial charge in [-0.2, -0.15) is 4.31 Å². The summed E-state index contributed by atoms with van der Waals surface area (Å²) in [6.45, 7) is 1.09. The van der Waals surface area contributed by atoms with Crippen LogP contribution in [-0.2, 0) is 14.8 Å². The molecule has 0 unspecified atom stereocenters. The number of alkyl halides is 1. The molecule has 0 atom stereocenters. The highest BCUT2D eigenvalue weighted by atomic mass is 79.9. The van der Waals surface area contributed by atoms with Crippen molar-refractivity contribution in [3.05, 3.63) is 0 Å². The molecule has 17 heavy (non-hydrogen) atoms. The summed E-state index contributed by atoms with van der Waals surface area (Å²) in [6, 6.07) is 0.222. The highest BCUT2D eigenvalue weighted by Crippen LogP contribution is 2.26. The molecule has 0 spiro atoms. The van der Waals surface area contributed by atoms with Crippen LogP contribution < -0.4 is 0 Å². The normalized spacial score (nSPS) is 18.1. The van der Waals surface area contributed by atoms with Crippen molar-refractivity contribution in [1.29, 1.82) is 0 Å². The van der Waals surface area contributed by atoms with E-state index in [9.17, 15) is 8.42 Å². The van der Waals surface area contributed by atoms with Crippen molar-refractivity contribution in [2.24, 2.45) is 0 Å². The summed E-state index contributed by atoms with van der Waals surface area (Å²) in [5, 5.41) is 0.701. The molecule has 1 rings (SSSR count). The first-order valence-electron chi connectivity index (χ1n) is 6.16. The van der Waals surface area contributed by atoms with Crippen molar-refractivity contribution in [1.82, 2.24) is 4.31 Å². The van der Waals surface area contributed by atoms with Gasteiger partial charge in [0.2, 0.25) is 10.0 Å². The van der Waals surface area contributed by atoms with Crippen molar-refractivity contribution < 1.29 is 13.2 Å². The molecule has 0 aliphatic heterocycles. The van der Waals surface area contributed by atoms with E-state index in [1.807, 2.05) is 0 Å². The zero-order chi connectivity index (χ0) is 12.7. The summed E-state index contributed by atoms with van der Waals surface area (Å²) in [6.07, 6.45) is 4.89. The van der Waals surface area contributed by atoms with Crippen LogP contribution in [0.25, 0.3) is 0 Å². The van der Waals surface area contributed by atoms with Crippen LogP contribution in [0.5, 0.6) is 0 Å². The number of halogens is 1. The molecule has 0 amide bonds. The zero-order valence-corrected chi connectivity index (χ0v) is 12.8. The molecule has 0 aromatic rings. The molecular formula is C11H22BrNO3S. The first-order valence-corrected chi connectivity index (χ1v) is 8.89. The fourth-order valence-corrected chi connectivity index (χ4v) is 4.70. The number of nitrogens with zero attached hydrogens (tertiary/aromatic N) is 1. The summed E-state index contributed by atoms with van der Waals surface area (Å²) < 4.78 is 31.1. The summed E-state index contributed by atoms with van der Waals surface area (Å²) >= 11 is 3.34. The third-order valence-corrected chi connectivity index (χ3v) is 5.50. The van der Waals surface area contributed by atoms with Crippen molar-refractivity contribution in [3.63, 3.8) is 0 Å². The summed E-state index contributed by atoms with van der Waals surface area (Å²) in [5.41, 5.74) is 0. The third kappa shape index (κ3) is 4.85. The van der Waals surface area contributed by atoms with E-state index < -0.39 is 10.0 Å². The molecule has 0 heterocycles. The number of ether oxygens (including phenoxy) is 1. The first-order chi connectivity index (χ1) is 8.11. The molecule has 0 aromatic heterocycles. The highest BCUT2D eigenvalue weighted by molar-refractivity contribution is 9.09. The summed E-state index contributed by atoms with van der Waals surface area (Å²) in [7, 11) is -1.52. The van der Waals surface area contributed by atoms with Crippen LogP contribution in [0.15, 0.2) is 0 Å². The molecule has 0 radical (unpaired) electrons. The van der Waals surface area contributed by atoms with Gasteiger partial charge in [-0.25, -0.2) is 8.42 Å². The minimum Gasteiger partial charge on any atom is -0.385 e. The van der Waals surface area contributed by atoms with E-state index in [1.54, 1.807) is 11.4 Å². The van der Waals surface area contributed by atoms with Crippen LogP contribution in [0.2, 0.25) is 0 Å². The predicted octanol–water partition coefficient (Wildman–Crippen LogP) is 1.99. The van der Waals surface area contributed by atoms with Crippen LogP contribution in [0.1, 0.15) is 32.1 Å². The van der Waals surface area contributed by atoms with Crippen molar-refractivity contribution >= 4 is 26.0 Å². The Morgan fingerprint density at radius 2 is 2.00 bits per heavy atom. The average molecular weight is 328 g/mol. The first kappa shape index (κ1) is 15.4. The SMILES string of the molecule is COCCCS(=O)(=O)N(CCBr)C1CCCC1. The maximum absolute atomic E-state index is 12.2. The van der Waals surface area contributed by atoms with Gasteiger partial charge in [-0.3, -0.25) is 0 Å². The Bertz CT molecular complexity index is 302. The standard InChI is InChI=1S/C11H22BrNO3S/c1-16-9-4-10-17(14,15)13(8-7-12)11-5-2-3-6-11/h11H,2-10H2,1H3. The van der Waals surface area contributed by atoms with E-state index in [0.717, 1.165) is 25.7 Å². The predicted molar refractivity (Wildman–Crippen MR) is 73.0 cm³/mol. The molecule has 1 fully saturated rings. The smallest absolute Gasteiger partial charge is 0.214 e. The van der Waals surface area contributed by atoms with Gasteiger partial charge < -0.3 is 4.74 Å². The van der Waals surface area contributed by atoms with Gasteiger partial charge in [-0.15, -0.1) is 0 Å². The van der Waals surface area contributed by atoms with Gasteiger partial charge in [-0.1, -0.05) is 28.8 Å². The minimum atomic E-state index is -3.12. The Labute approximate surface area is 113 Å². The Balaban J connectivity index is 2.60.